The minimum absolute atomic E-state index is 0.196. The third-order valence-corrected chi connectivity index (χ3v) is 4.86. The highest BCUT2D eigenvalue weighted by Gasteiger charge is 2.13. The normalized spacial score (nSPS) is 12.0. The smallest absolute Gasteiger partial charge is 0.0782 e. The number of hydrogen-bond acceptors (Lipinski definition) is 1. The van der Waals surface area contributed by atoms with Gasteiger partial charge in [0.2, 0.25) is 0 Å². The zero-order valence-corrected chi connectivity index (χ0v) is 15.9. The van der Waals surface area contributed by atoms with E-state index in [1.807, 2.05) is 0 Å². The summed E-state index contributed by atoms with van der Waals surface area (Å²) in [6, 6.07) is 1.67. The molecule has 0 aromatic heterocycles. The number of benzene rings is 1. The van der Waals surface area contributed by atoms with Crippen molar-refractivity contribution in [2.75, 3.05) is 6.54 Å². The van der Waals surface area contributed by atoms with E-state index >= 15 is 0 Å². The van der Waals surface area contributed by atoms with Crippen molar-refractivity contribution in [3.05, 3.63) is 31.7 Å². The van der Waals surface area contributed by atoms with Crippen LogP contribution >= 0.6 is 46.4 Å². The Hall–Kier alpha value is 0.340. The van der Waals surface area contributed by atoms with E-state index < -0.39 is 0 Å². The van der Waals surface area contributed by atoms with Crippen molar-refractivity contribution < 1.29 is 0 Å². The van der Waals surface area contributed by atoms with Gasteiger partial charge in [-0.15, -0.1) is 0 Å². The van der Waals surface area contributed by atoms with Crippen molar-refractivity contribution >= 4 is 46.4 Å². The Morgan fingerprint density at radius 2 is 1.48 bits per heavy atom. The Labute approximate surface area is 148 Å². The maximum Gasteiger partial charge on any atom is 0.0782 e. The topological polar surface area (TPSA) is 12.0 Å². The highest BCUT2D eigenvalue weighted by Crippen LogP contribution is 2.38. The van der Waals surface area contributed by atoms with Gasteiger partial charge in [0.15, 0.2) is 0 Å². The summed E-state index contributed by atoms with van der Waals surface area (Å²) < 4.78 is 0. The summed E-state index contributed by atoms with van der Waals surface area (Å²) in [4.78, 5) is 0. The van der Waals surface area contributed by atoms with Crippen LogP contribution in [0.3, 0.4) is 0 Å². The van der Waals surface area contributed by atoms with Crippen LogP contribution in [0.2, 0.25) is 20.1 Å². The molecule has 1 N–H and O–H groups in total. The molecular weight excluding hydrogens is 348 g/mol. The monoisotopic (exact) mass is 369 g/mol. The van der Waals surface area contributed by atoms with Crippen LogP contribution in [0, 0.1) is 0 Å². The second kappa shape index (κ2) is 8.84. The molecule has 0 saturated carbocycles. The molecule has 1 nitrogen and oxygen atoms in total. The number of hydrogen-bond donors (Lipinski definition) is 1. The summed E-state index contributed by atoms with van der Waals surface area (Å²) in [7, 11) is 0. The largest absolute Gasteiger partial charge is 0.312 e. The van der Waals surface area contributed by atoms with E-state index in [9.17, 15) is 0 Å². The molecule has 0 aliphatic rings. The predicted octanol–water partition coefficient (Wildman–Crippen LogP) is 6.79. The standard InChI is InChI=1S/C16H23Cl4N/c1-16(2,3)21-9-7-5-4-6-8-11-12(17)10-13(18)15(20)14(11)19/h10,21H,4-9H2,1-3H3. The molecule has 21 heavy (non-hydrogen) atoms. The molecule has 0 radical (unpaired) electrons. The summed E-state index contributed by atoms with van der Waals surface area (Å²) in [5, 5.41) is 5.38. The van der Waals surface area contributed by atoms with E-state index in [2.05, 4.69) is 26.1 Å². The fourth-order valence-corrected chi connectivity index (χ4v) is 3.20. The van der Waals surface area contributed by atoms with Gasteiger partial charge in [-0.05, 0) is 58.2 Å². The Morgan fingerprint density at radius 1 is 0.857 bits per heavy atom. The SMILES string of the molecule is CC(C)(C)NCCCCCCc1c(Cl)cc(Cl)c(Cl)c1Cl. The van der Waals surface area contributed by atoms with Crippen LogP contribution in [0.1, 0.15) is 52.0 Å². The zero-order chi connectivity index (χ0) is 16.0. The van der Waals surface area contributed by atoms with Crippen LogP contribution in [0.25, 0.3) is 0 Å². The van der Waals surface area contributed by atoms with E-state index in [1.165, 1.54) is 12.8 Å². The summed E-state index contributed by atoms with van der Waals surface area (Å²) in [6.45, 7) is 7.60. The Morgan fingerprint density at radius 3 is 2.10 bits per heavy atom. The molecule has 0 saturated heterocycles. The second-order valence-electron chi connectivity index (χ2n) is 6.29. The summed E-state index contributed by atoms with van der Waals surface area (Å²) in [5.74, 6) is 0. The predicted molar refractivity (Wildman–Crippen MR) is 96.4 cm³/mol. The lowest BCUT2D eigenvalue weighted by Crippen LogP contribution is -2.36. The second-order valence-corrected chi connectivity index (χ2v) is 7.86. The highest BCUT2D eigenvalue weighted by atomic mass is 35.5. The quantitative estimate of drug-likeness (QED) is 0.316. The molecule has 0 spiro atoms. The van der Waals surface area contributed by atoms with Gasteiger partial charge in [0, 0.05) is 10.6 Å². The number of nitrogens with one attached hydrogen (secondary N) is 1. The molecule has 5 heteroatoms. The minimum atomic E-state index is 0.196. The molecule has 0 amide bonds. The van der Waals surface area contributed by atoms with Gasteiger partial charge in [0.05, 0.1) is 15.1 Å². The molecule has 1 rings (SSSR count). The van der Waals surface area contributed by atoms with Crippen LogP contribution in [0.5, 0.6) is 0 Å². The lowest BCUT2D eigenvalue weighted by Gasteiger charge is -2.20. The Kier molecular flexibility index (Phi) is 8.16. The van der Waals surface area contributed by atoms with Gasteiger partial charge in [0.25, 0.3) is 0 Å². The summed E-state index contributed by atoms with van der Waals surface area (Å²) in [5.41, 5.74) is 1.10. The van der Waals surface area contributed by atoms with Gasteiger partial charge in [-0.25, -0.2) is 0 Å². The van der Waals surface area contributed by atoms with Gasteiger partial charge >= 0.3 is 0 Å². The number of halogens is 4. The third-order valence-electron chi connectivity index (χ3n) is 3.22. The van der Waals surface area contributed by atoms with E-state index in [-0.39, 0.29) is 5.54 Å². The molecule has 1 aromatic carbocycles. The first kappa shape index (κ1) is 19.4. The van der Waals surface area contributed by atoms with Gasteiger partial charge < -0.3 is 5.32 Å². The van der Waals surface area contributed by atoms with Crippen molar-refractivity contribution in [2.24, 2.45) is 0 Å². The van der Waals surface area contributed by atoms with Gasteiger partial charge in [0.1, 0.15) is 0 Å². The molecule has 0 aliphatic carbocycles. The first-order valence-electron chi connectivity index (χ1n) is 7.29. The maximum absolute atomic E-state index is 6.21. The van der Waals surface area contributed by atoms with Gasteiger partial charge in [-0.2, -0.15) is 0 Å². The first-order chi connectivity index (χ1) is 9.72. The summed E-state index contributed by atoms with van der Waals surface area (Å²) in [6.07, 6.45) is 5.41. The average molecular weight is 371 g/mol. The molecular formula is C16H23Cl4N. The van der Waals surface area contributed by atoms with Crippen LogP contribution < -0.4 is 5.32 Å². The van der Waals surface area contributed by atoms with Crippen LogP contribution in [0.4, 0.5) is 0 Å². The number of rotatable bonds is 7. The fraction of sp³-hybridized carbons (Fsp3) is 0.625. The zero-order valence-electron chi connectivity index (χ0n) is 12.8. The van der Waals surface area contributed by atoms with E-state index in [1.54, 1.807) is 6.07 Å². The van der Waals surface area contributed by atoms with Crippen molar-refractivity contribution in [1.29, 1.82) is 0 Å². The number of unbranched alkanes of at least 4 members (excludes halogenated alkanes) is 3. The van der Waals surface area contributed by atoms with Crippen molar-refractivity contribution in [3.8, 4) is 0 Å². The van der Waals surface area contributed by atoms with E-state index in [4.69, 9.17) is 46.4 Å². The Balaban J connectivity index is 2.32. The molecule has 0 heterocycles. The lowest BCUT2D eigenvalue weighted by atomic mass is 10.1. The fourth-order valence-electron chi connectivity index (χ4n) is 2.08. The molecule has 0 fully saturated rings. The Bertz CT molecular complexity index is 466. The van der Waals surface area contributed by atoms with Gasteiger partial charge in [-0.3, -0.25) is 0 Å². The molecule has 0 bridgehead atoms. The van der Waals surface area contributed by atoms with Crippen LogP contribution in [-0.4, -0.2) is 12.1 Å². The van der Waals surface area contributed by atoms with Crippen LogP contribution in [0.15, 0.2) is 6.07 Å². The summed E-state index contributed by atoms with van der Waals surface area (Å²) >= 11 is 24.4. The molecule has 0 aliphatic heterocycles. The third kappa shape index (κ3) is 6.97. The van der Waals surface area contributed by atoms with Gasteiger partial charge in [-0.1, -0.05) is 59.2 Å². The molecule has 120 valence electrons. The average Bonchev–Trinajstić information content (AvgIpc) is 2.37. The highest BCUT2D eigenvalue weighted by molar-refractivity contribution is 6.49. The molecule has 0 unspecified atom stereocenters. The lowest BCUT2D eigenvalue weighted by molar-refractivity contribution is 0.416. The van der Waals surface area contributed by atoms with E-state index in [0.717, 1.165) is 31.4 Å². The van der Waals surface area contributed by atoms with Crippen molar-refractivity contribution in [1.82, 2.24) is 5.32 Å². The molecule has 1 aromatic rings. The van der Waals surface area contributed by atoms with Crippen molar-refractivity contribution in [3.63, 3.8) is 0 Å². The minimum Gasteiger partial charge on any atom is -0.312 e. The van der Waals surface area contributed by atoms with Crippen LogP contribution in [-0.2, 0) is 6.42 Å². The molecule has 0 atom stereocenters. The van der Waals surface area contributed by atoms with Crippen molar-refractivity contribution in [2.45, 2.75) is 58.4 Å². The van der Waals surface area contributed by atoms with E-state index in [0.29, 0.717) is 20.1 Å². The first-order valence-corrected chi connectivity index (χ1v) is 8.80. The maximum atomic E-state index is 6.21.